The van der Waals surface area contributed by atoms with Gasteiger partial charge in [0.1, 0.15) is 0 Å². The number of hydrogen-bond acceptors (Lipinski definition) is 4. The molecule has 0 radical (unpaired) electrons. The van der Waals surface area contributed by atoms with Gasteiger partial charge in [0.05, 0.1) is 0 Å². The lowest BCUT2D eigenvalue weighted by Crippen LogP contribution is -2.22. The number of guanidine groups is 1. The van der Waals surface area contributed by atoms with E-state index in [0.717, 1.165) is 0 Å². The molecule has 6 nitrogen and oxygen atoms in total. The van der Waals surface area contributed by atoms with Gasteiger partial charge in [0.2, 0.25) is 5.96 Å². The number of oxime groups is 1. The quantitative estimate of drug-likeness (QED) is 0.115. The number of nitrogens with two attached hydrogens (primary N) is 2. The first-order valence-electron chi connectivity index (χ1n) is 1.62. The van der Waals surface area contributed by atoms with E-state index in [-0.39, 0.29) is 12.4 Å². The minimum Gasteiger partial charge on any atom is -0.367 e. The molecule has 0 rings (SSSR count). The van der Waals surface area contributed by atoms with Crippen molar-refractivity contribution in [3.63, 3.8) is 0 Å². The van der Waals surface area contributed by atoms with Gasteiger partial charge < -0.3 is 11.5 Å². The Labute approximate surface area is 45.0 Å². The van der Waals surface area contributed by atoms with Crippen LogP contribution in [0.5, 0.6) is 0 Å². The maximum atomic E-state index is 9.29. The first kappa shape index (κ1) is 6.54. The zero-order valence-electron chi connectivity index (χ0n) is 3.90. The predicted molar refractivity (Wildman–Crippen MR) is 24.0 cm³/mol. The molecule has 0 amide bonds. The summed E-state index contributed by atoms with van der Waals surface area (Å²) in [5.41, 5.74) is 9.48. The van der Waals surface area contributed by atoms with Crippen LogP contribution in [0.3, 0.4) is 0 Å². The van der Waals surface area contributed by atoms with Crippen LogP contribution in [0.25, 0.3) is 0 Å². The van der Waals surface area contributed by atoms with E-state index in [0.29, 0.717) is 0 Å². The van der Waals surface area contributed by atoms with Crippen LogP contribution in [0.2, 0.25) is 0 Å². The number of rotatable bonds is 3. The van der Waals surface area contributed by atoms with Gasteiger partial charge in [-0.2, -0.15) is 4.99 Å². The number of carbonyl (C=O) groups is 1. The van der Waals surface area contributed by atoms with E-state index >= 15 is 0 Å². The van der Waals surface area contributed by atoms with Crippen LogP contribution in [0.15, 0.2) is 5.16 Å². The second-order valence-corrected chi connectivity index (χ2v) is 0.783. The smallest absolute Gasteiger partial charge is 0.346 e. The van der Waals surface area contributed by atoms with Gasteiger partial charge in [-0.15, -0.1) is 0 Å². The SMILES string of the molecule is NC(N)=NOOC=O. The predicted octanol–water partition coefficient (Wildman–Crippen LogP) is -1.72. The Kier molecular flexibility index (Phi) is 3.04. The molecule has 0 bridgehead atoms. The summed E-state index contributed by atoms with van der Waals surface area (Å²) in [5, 5.41) is 2.83. The van der Waals surface area contributed by atoms with Crippen molar-refractivity contribution >= 4 is 12.4 Å². The molecule has 0 heterocycles. The molecule has 0 fully saturated rings. The highest BCUT2D eigenvalue weighted by atomic mass is 17.3. The summed E-state index contributed by atoms with van der Waals surface area (Å²) in [4.78, 5) is 16.6. The largest absolute Gasteiger partial charge is 0.367 e. The van der Waals surface area contributed by atoms with Crippen LogP contribution in [0, 0.1) is 0 Å². The second-order valence-electron chi connectivity index (χ2n) is 0.783. The molecule has 0 spiro atoms. The van der Waals surface area contributed by atoms with Crippen molar-refractivity contribution in [3.8, 4) is 0 Å². The van der Waals surface area contributed by atoms with E-state index in [1.807, 2.05) is 0 Å². The monoisotopic (exact) mass is 119 g/mol. The molecule has 0 aliphatic rings. The van der Waals surface area contributed by atoms with Crippen molar-refractivity contribution in [2.45, 2.75) is 0 Å². The van der Waals surface area contributed by atoms with Gasteiger partial charge in [-0.3, -0.25) is 4.79 Å². The van der Waals surface area contributed by atoms with E-state index in [9.17, 15) is 4.79 Å². The number of nitrogens with zero attached hydrogens (tertiary/aromatic N) is 1. The molecule has 0 aromatic carbocycles. The Morgan fingerprint density at radius 1 is 1.62 bits per heavy atom. The van der Waals surface area contributed by atoms with Gasteiger partial charge in [0.25, 0.3) is 0 Å². The van der Waals surface area contributed by atoms with E-state index in [1.54, 1.807) is 0 Å². The Morgan fingerprint density at radius 2 is 2.25 bits per heavy atom. The summed E-state index contributed by atoms with van der Waals surface area (Å²) in [6.45, 7) is 0.0481. The lowest BCUT2D eigenvalue weighted by Gasteiger charge is -1.87. The fraction of sp³-hybridized carbons (Fsp3) is 0. The Hall–Kier alpha value is -1.46. The third kappa shape index (κ3) is 4.54. The van der Waals surface area contributed by atoms with Crippen molar-refractivity contribution in [1.29, 1.82) is 0 Å². The van der Waals surface area contributed by atoms with E-state index in [4.69, 9.17) is 11.5 Å². The molecule has 0 aromatic rings. The van der Waals surface area contributed by atoms with Crippen molar-refractivity contribution < 1.29 is 14.7 Å². The van der Waals surface area contributed by atoms with Crippen molar-refractivity contribution in [1.82, 2.24) is 0 Å². The molecule has 0 aliphatic heterocycles. The molecule has 0 atom stereocenters. The maximum Gasteiger partial charge on any atom is 0.346 e. The summed E-state index contributed by atoms with van der Waals surface area (Å²) in [5.74, 6) is -0.313. The Morgan fingerprint density at radius 3 is 2.62 bits per heavy atom. The van der Waals surface area contributed by atoms with Gasteiger partial charge in [0.15, 0.2) is 0 Å². The van der Waals surface area contributed by atoms with Crippen LogP contribution < -0.4 is 11.5 Å². The molecule has 0 unspecified atom stereocenters. The summed E-state index contributed by atoms with van der Waals surface area (Å²) in [6.07, 6.45) is 0. The van der Waals surface area contributed by atoms with Crippen LogP contribution in [-0.2, 0) is 14.7 Å². The second kappa shape index (κ2) is 3.72. The first-order valence-corrected chi connectivity index (χ1v) is 1.62. The zero-order valence-corrected chi connectivity index (χ0v) is 3.90. The summed E-state index contributed by atoms with van der Waals surface area (Å²) in [7, 11) is 0. The van der Waals surface area contributed by atoms with E-state index < -0.39 is 0 Å². The Bertz CT molecular complexity index is 96.7. The third-order valence-electron chi connectivity index (χ3n) is 0.225. The average molecular weight is 119 g/mol. The molecule has 0 saturated heterocycles. The molecular formula is C2H5N3O3. The molecule has 4 N–H and O–H groups in total. The number of hydrogen-bond donors (Lipinski definition) is 2. The van der Waals surface area contributed by atoms with Gasteiger partial charge in [-0.05, 0) is 0 Å². The van der Waals surface area contributed by atoms with E-state index in [1.165, 1.54) is 0 Å². The molecule has 46 valence electrons. The first-order chi connectivity index (χ1) is 3.77. The topological polar surface area (TPSA) is 99.9 Å². The summed E-state index contributed by atoms with van der Waals surface area (Å²) >= 11 is 0. The molecule has 8 heavy (non-hydrogen) atoms. The lowest BCUT2D eigenvalue weighted by atomic mass is 11.1. The highest BCUT2D eigenvalue weighted by molar-refractivity contribution is 5.74. The van der Waals surface area contributed by atoms with Crippen molar-refractivity contribution in [2.75, 3.05) is 0 Å². The van der Waals surface area contributed by atoms with E-state index in [2.05, 4.69) is 15.0 Å². The lowest BCUT2D eigenvalue weighted by molar-refractivity contribution is -0.259. The van der Waals surface area contributed by atoms with Gasteiger partial charge in [-0.1, -0.05) is 0 Å². The zero-order chi connectivity index (χ0) is 6.41. The highest BCUT2D eigenvalue weighted by Crippen LogP contribution is 1.70. The molecular weight excluding hydrogens is 114 g/mol. The fourth-order valence-electron chi connectivity index (χ4n) is 0.0821. The minimum atomic E-state index is -0.313. The van der Waals surface area contributed by atoms with Crippen LogP contribution >= 0.6 is 0 Å². The maximum absolute atomic E-state index is 9.29. The average Bonchev–Trinajstić information content (AvgIpc) is 1.66. The van der Waals surface area contributed by atoms with Crippen LogP contribution in [0.1, 0.15) is 0 Å². The van der Waals surface area contributed by atoms with Crippen molar-refractivity contribution in [3.05, 3.63) is 0 Å². The normalized spacial score (nSPS) is 7.00. The summed E-state index contributed by atoms with van der Waals surface area (Å²) in [6, 6.07) is 0. The highest BCUT2D eigenvalue weighted by Gasteiger charge is 1.78. The molecule has 0 saturated carbocycles. The van der Waals surface area contributed by atoms with Gasteiger partial charge >= 0.3 is 6.47 Å². The molecule has 0 aliphatic carbocycles. The molecule has 6 heteroatoms. The fourth-order valence-corrected chi connectivity index (χ4v) is 0.0821. The minimum absolute atomic E-state index is 0.0481. The van der Waals surface area contributed by atoms with Crippen molar-refractivity contribution in [2.24, 2.45) is 16.6 Å². The Balaban J connectivity index is 3.15. The van der Waals surface area contributed by atoms with Crippen LogP contribution in [0.4, 0.5) is 0 Å². The molecule has 0 aromatic heterocycles. The third-order valence-corrected chi connectivity index (χ3v) is 0.225. The summed E-state index contributed by atoms with van der Waals surface area (Å²) < 4.78 is 0. The van der Waals surface area contributed by atoms with Crippen LogP contribution in [-0.4, -0.2) is 12.4 Å². The number of carbonyl (C=O) groups excluding carboxylic acids is 1. The van der Waals surface area contributed by atoms with Gasteiger partial charge in [-0.25, -0.2) is 4.89 Å². The van der Waals surface area contributed by atoms with Gasteiger partial charge in [0, 0.05) is 5.16 Å². The standard InChI is InChI=1S/C2H5N3O3/c3-2(4)5-8-7-1-6/h1H,(H4,3,4,5).